The Morgan fingerprint density at radius 1 is 0.650 bits per heavy atom. The zero-order valence-corrected chi connectivity index (χ0v) is 27.3. The quantitative estimate of drug-likeness (QED) is 0.200. The molecule has 0 fully saturated rings. The summed E-state index contributed by atoms with van der Waals surface area (Å²) >= 11 is 0. The Kier molecular flexibility index (Phi) is 10.6. The van der Waals surface area contributed by atoms with E-state index in [0.717, 1.165) is 64.8 Å². The molecule has 2 N–H and O–H groups in total. The molecule has 3 aromatic rings. The van der Waals surface area contributed by atoms with E-state index < -0.39 is 7.12 Å². The summed E-state index contributed by atoms with van der Waals surface area (Å²) in [5, 5.41) is 21.1. The molecule has 0 atom stereocenters. The van der Waals surface area contributed by atoms with Gasteiger partial charge in [-0.25, -0.2) is 0 Å². The van der Waals surface area contributed by atoms with Crippen LogP contribution in [0.15, 0.2) is 0 Å². The van der Waals surface area contributed by atoms with Gasteiger partial charge in [0.15, 0.2) is 0 Å². The first kappa shape index (κ1) is 31.8. The first-order valence-electron chi connectivity index (χ1n) is 15.4. The van der Waals surface area contributed by atoms with Gasteiger partial charge in [0, 0.05) is 24.1 Å². The molecular weight excluding hydrogens is 499 g/mol. The van der Waals surface area contributed by atoms with E-state index in [1.807, 2.05) is 0 Å². The van der Waals surface area contributed by atoms with Crippen LogP contribution in [0.25, 0.3) is 0 Å². The molecule has 3 aromatic heterocycles. The largest absolute Gasteiger partial charge is 0.636 e. The van der Waals surface area contributed by atoms with E-state index in [9.17, 15) is 0 Å². The van der Waals surface area contributed by atoms with Crippen LogP contribution in [0.2, 0.25) is 0 Å². The van der Waals surface area contributed by atoms with Crippen molar-refractivity contribution in [3.05, 3.63) is 34.2 Å². The van der Waals surface area contributed by atoms with Gasteiger partial charge in [0.2, 0.25) is 0 Å². The van der Waals surface area contributed by atoms with Gasteiger partial charge in [0.25, 0.3) is 0 Å². The fourth-order valence-corrected chi connectivity index (χ4v) is 5.15. The summed E-state index contributed by atoms with van der Waals surface area (Å²) < 4.78 is 16.3. The Morgan fingerprint density at radius 2 is 1.10 bits per heavy atom. The van der Waals surface area contributed by atoms with Crippen molar-refractivity contribution in [3.8, 4) is 11.5 Å². The Balaban J connectivity index is 2.33. The summed E-state index contributed by atoms with van der Waals surface area (Å²) in [4.78, 5) is 0. The maximum atomic E-state index is 7.06. The molecule has 0 amide bonds. The van der Waals surface area contributed by atoms with Gasteiger partial charge in [-0.15, -0.1) is 0 Å². The predicted molar refractivity (Wildman–Crippen MR) is 165 cm³/mol. The van der Waals surface area contributed by atoms with Gasteiger partial charge in [-0.2, -0.15) is 15.3 Å². The van der Waals surface area contributed by atoms with E-state index in [4.69, 9.17) is 14.4 Å². The summed E-state index contributed by atoms with van der Waals surface area (Å²) in [6.45, 7) is 29.2. The molecule has 40 heavy (non-hydrogen) atoms. The van der Waals surface area contributed by atoms with Gasteiger partial charge in [-0.3, -0.25) is 14.9 Å². The van der Waals surface area contributed by atoms with Crippen molar-refractivity contribution in [1.29, 1.82) is 0 Å². The summed E-state index contributed by atoms with van der Waals surface area (Å²) in [6.07, 6.45) is 2.17. The van der Waals surface area contributed by atoms with Gasteiger partial charge in [0.05, 0.1) is 22.5 Å². The van der Waals surface area contributed by atoms with Gasteiger partial charge < -0.3 is 9.31 Å². The second kappa shape index (κ2) is 13.3. The second-order valence-electron chi connectivity index (χ2n) is 13.0. The van der Waals surface area contributed by atoms with Crippen molar-refractivity contribution in [2.75, 3.05) is 0 Å². The summed E-state index contributed by atoms with van der Waals surface area (Å²) in [5.41, 5.74) is 7.00. The Morgan fingerprint density at radius 3 is 1.45 bits per heavy atom. The van der Waals surface area contributed by atoms with Crippen LogP contribution in [0.3, 0.4) is 0 Å². The van der Waals surface area contributed by atoms with Crippen LogP contribution in [0.4, 0.5) is 0 Å². The monoisotopic (exact) mass is 552 g/mol. The minimum absolute atomic E-state index is 0.187. The third-order valence-corrected chi connectivity index (χ3v) is 7.36. The molecule has 0 aliphatic carbocycles. The van der Waals surface area contributed by atoms with Crippen molar-refractivity contribution >= 4 is 12.6 Å². The highest BCUT2D eigenvalue weighted by molar-refractivity contribution is 6.63. The SMILES string of the molecule is CCCCn1nc(C(C)C)c(B(Oc2c(C(C)C)n[nH]c2C(C)C)Oc2c(C(C)C)n[nH]c2C(C)C)c1C(C)C. The lowest BCUT2D eigenvalue weighted by molar-refractivity contribution is 0.421. The first-order chi connectivity index (χ1) is 18.8. The highest BCUT2D eigenvalue weighted by Gasteiger charge is 2.41. The fourth-order valence-electron chi connectivity index (χ4n) is 5.15. The van der Waals surface area contributed by atoms with Crippen LogP contribution in [-0.4, -0.2) is 37.3 Å². The summed E-state index contributed by atoms with van der Waals surface area (Å²) in [7, 11) is -0.717. The first-order valence-corrected chi connectivity index (χ1v) is 15.4. The molecule has 0 unspecified atom stereocenters. The minimum atomic E-state index is -0.717. The van der Waals surface area contributed by atoms with Crippen molar-refractivity contribution in [2.45, 2.75) is 145 Å². The number of hydrogen-bond donors (Lipinski definition) is 2. The third kappa shape index (κ3) is 6.60. The molecule has 0 aromatic carbocycles. The summed E-state index contributed by atoms with van der Waals surface area (Å²) in [6, 6.07) is 0. The number of rotatable bonds is 14. The van der Waals surface area contributed by atoms with Gasteiger partial charge in [-0.1, -0.05) is 96.4 Å². The van der Waals surface area contributed by atoms with Crippen LogP contribution in [-0.2, 0) is 6.54 Å². The molecule has 0 aliphatic heterocycles. The number of nitrogens with zero attached hydrogens (tertiary/aromatic N) is 4. The third-order valence-electron chi connectivity index (χ3n) is 7.36. The minimum Gasteiger partial charge on any atom is -0.519 e. The van der Waals surface area contributed by atoms with Crippen molar-refractivity contribution in [1.82, 2.24) is 30.2 Å². The van der Waals surface area contributed by atoms with Crippen LogP contribution in [0.5, 0.6) is 11.5 Å². The number of aromatic nitrogens is 6. The number of aryl methyl sites for hydroxylation is 1. The predicted octanol–water partition coefficient (Wildman–Crippen LogP) is 7.72. The number of unbranched alkanes of at least 4 members (excludes halogenated alkanes) is 1. The lowest BCUT2D eigenvalue weighted by atomic mass is 9.72. The highest BCUT2D eigenvalue weighted by atomic mass is 16.6. The van der Waals surface area contributed by atoms with E-state index >= 15 is 0 Å². The molecule has 0 spiro atoms. The maximum Gasteiger partial charge on any atom is 0.636 e. The molecule has 0 aliphatic rings. The van der Waals surface area contributed by atoms with E-state index in [2.05, 4.69) is 115 Å². The van der Waals surface area contributed by atoms with E-state index in [1.165, 1.54) is 5.69 Å². The van der Waals surface area contributed by atoms with Crippen molar-refractivity contribution in [3.63, 3.8) is 0 Å². The van der Waals surface area contributed by atoms with Crippen LogP contribution in [0, 0.1) is 0 Å². The van der Waals surface area contributed by atoms with Crippen molar-refractivity contribution < 1.29 is 9.31 Å². The van der Waals surface area contributed by atoms with Gasteiger partial charge in [0.1, 0.15) is 22.9 Å². The smallest absolute Gasteiger partial charge is 0.519 e. The maximum absolute atomic E-state index is 7.06. The Labute approximate surface area is 242 Å². The molecule has 9 heteroatoms. The molecule has 3 rings (SSSR count). The molecule has 8 nitrogen and oxygen atoms in total. The van der Waals surface area contributed by atoms with E-state index in [-0.39, 0.29) is 35.5 Å². The Bertz CT molecular complexity index is 1120. The number of nitrogens with one attached hydrogen (secondary N) is 2. The number of hydrogen-bond acceptors (Lipinski definition) is 5. The lowest BCUT2D eigenvalue weighted by Crippen LogP contribution is -2.47. The van der Waals surface area contributed by atoms with Crippen LogP contribution >= 0.6 is 0 Å². The van der Waals surface area contributed by atoms with Crippen LogP contribution in [0.1, 0.15) is 173 Å². The van der Waals surface area contributed by atoms with Gasteiger partial charge >= 0.3 is 7.12 Å². The number of H-pyrrole nitrogens is 2. The molecule has 0 radical (unpaired) electrons. The Hall–Kier alpha value is -2.71. The van der Waals surface area contributed by atoms with Gasteiger partial charge in [-0.05, 0) is 30.1 Å². The molecule has 3 heterocycles. The molecular formula is C31H53BN6O2. The highest BCUT2D eigenvalue weighted by Crippen LogP contribution is 2.36. The van der Waals surface area contributed by atoms with E-state index in [1.54, 1.807) is 0 Å². The average Bonchev–Trinajstić information content (AvgIpc) is 3.57. The molecule has 222 valence electrons. The molecule has 0 saturated heterocycles. The zero-order valence-electron chi connectivity index (χ0n) is 27.3. The van der Waals surface area contributed by atoms with Crippen LogP contribution < -0.4 is 14.8 Å². The molecule has 0 saturated carbocycles. The second-order valence-corrected chi connectivity index (χ2v) is 13.0. The number of aromatic amines is 2. The normalized spacial score (nSPS) is 12.3. The standard InChI is InChI=1S/C31H53BN6O2/c1-14-15-16-38-29(22(12)13)23(24(37-38)17(2)3)32(39-30-25(18(4)5)33-34-26(30)19(6)7)40-31-27(20(8)9)35-36-28(31)21(10)11/h17-22H,14-16H2,1-13H3,(H,33,34)(H,35,36). The van der Waals surface area contributed by atoms with Crippen molar-refractivity contribution in [2.24, 2.45) is 0 Å². The average molecular weight is 553 g/mol. The zero-order chi connectivity index (χ0) is 29.9. The topological polar surface area (TPSA) is 93.6 Å². The van der Waals surface area contributed by atoms with E-state index in [0.29, 0.717) is 0 Å². The molecule has 0 bridgehead atoms. The fraction of sp³-hybridized carbons (Fsp3) is 0.710. The lowest BCUT2D eigenvalue weighted by Gasteiger charge is -2.23. The summed E-state index contributed by atoms with van der Waals surface area (Å²) in [5.74, 6) is 2.79.